The monoisotopic (exact) mass is 576 g/mol. The topological polar surface area (TPSA) is 173 Å². The van der Waals surface area contributed by atoms with Gasteiger partial charge in [-0.25, -0.2) is 8.42 Å². The van der Waals surface area contributed by atoms with Crippen molar-refractivity contribution in [3.63, 3.8) is 0 Å². The quantitative estimate of drug-likeness (QED) is 0.134. The molecule has 0 heterocycles. The van der Waals surface area contributed by atoms with Crippen LogP contribution in [0.3, 0.4) is 0 Å². The summed E-state index contributed by atoms with van der Waals surface area (Å²) >= 11 is 12.9. The van der Waals surface area contributed by atoms with E-state index in [9.17, 15) is 38.2 Å². The minimum Gasteiger partial charge on any atom is -0.419 e. The van der Waals surface area contributed by atoms with Gasteiger partial charge in [-0.2, -0.15) is 0 Å². The Kier molecular flexibility index (Phi) is 8.27. The molecule has 0 spiro atoms. The summed E-state index contributed by atoms with van der Waals surface area (Å²) in [5.74, 6) is -3.33. The third-order valence-corrected chi connectivity index (χ3v) is 7.07. The molecule has 2 rings (SSSR count). The molecule has 37 heavy (non-hydrogen) atoms. The van der Waals surface area contributed by atoms with Gasteiger partial charge in [0.2, 0.25) is 21.3 Å². The van der Waals surface area contributed by atoms with Gasteiger partial charge in [0.1, 0.15) is 0 Å². The van der Waals surface area contributed by atoms with Crippen molar-refractivity contribution in [2.75, 3.05) is 0 Å². The Morgan fingerprint density at radius 3 is 1.27 bits per heavy atom. The molecule has 0 saturated heterocycles. The number of alkyl halides is 2. The number of rotatable bonds is 8. The Morgan fingerprint density at radius 1 is 0.757 bits per heavy atom. The molecule has 2 aromatic rings. The molecule has 0 atom stereocenters. The van der Waals surface area contributed by atoms with Gasteiger partial charge in [0.05, 0.1) is 29.4 Å². The maximum Gasteiger partial charge on any atom is 0.312 e. The Balaban J connectivity index is 3.15. The van der Waals surface area contributed by atoms with E-state index in [4.69, 9.17) is 32.7 Å². The fourth-order valence-electron chi connectivity index (χ4n) is 3.58. The zero-order chi connectivity index (χ0) is 28.7. The summed E-state index contributed by atoms with van der Waals surface area (Å²) in [6.45, 7) is 7.23. The van der Waals surface area contributed by atoms with E-state index in [1.54, 1.807) is 0 Å². The number of esters is 2. The van der Waals surface area contributed by atoms with Crippen LogP contribution in [0, 0.1) is 20.2 Å². The van der Waals surface area contributed by atoms with Crippen molar-refractivity contribution in [3.8, 4) is 11.5 Å². The number of ether oxygens (including phenoxy) is 2. The summed E-state index contributed by atoms with van der Waals surface area (Å²) in [5.41, 5.74) is -2.27. The number of nitro groups is 2. The normalized spacial score (nSPS) is 12.1. The van der Waals surface area contributed by atoms with Gasteiger partial charge in [-0.15, -0.1) is 23.2 Å². The smallest absolute Gasteiger partial charge is 0.312 e. The van der Waals surface area contributed by atoms with Gasteiger partial charge in [0, 0.05) is 37.1 Å². The van der Waals surface area contributed by atoms with Gasteiger partial charge < -0.3 is 9.47 Å². The third kappa shape index (κ3) is 6.17. The summed E-state index contributed by atoms with van der Waals surface area (Å²) < 4.78 is 38.2. The van der Waals surface area contributed by atoms with E-state index < -0.39 is 85.2 Å². The molecule has 0 aliphatic carbocycles. The molecule has 0 bridgehead atoms. The average Bonchev–Trinajstić information content (AvgIpc) is 2.69. The van der Waals surface area contributed by atoms with E-state index in [1.807, 2.05) is 0 Å². The van der Waals surface area contributed by atoms with Crippen molar-refractivity contribution in [2.45, 2.75) is 61.1 Å². The molecule has 0 aliphatic heterocycles. The van der Waals surface area contributed by atoms with Gasteiger partial charge in [-0.3, -0.25) is 29.8 Å². The van der Waals surface area contributed by atoms with Crippen LogP contribution in [0.5, 0.6) is 11.5 Å². The number of benzene rings is 2. The standard InChI is InChI=1S/C22H22Cl2N2O10S/c1-11(27)35-19-13(25(29)30)7-9-15(17(19)21(3,4)23)37(33,34)16-10-8-14(26(31)32)20(36-12(2)28)18(16)22(5,6)24/h7-10H,1-6H3. The number of carbonyl (C=O) groups excluding carboxylic acids is 2. The number of nitro benzene ring substituents is 2. The van der Waals surface area contributed by atoms with Gasteiger partial charge in [-0.1, -0.05) is 0 Å². The highest BCUT2D eigenvalue weighted by Gasteiger charge is 2.41. The number of nitrogens with zero attached hydrogens (tertiary/aromatic N) is 2. The molecule has 0 saturated carbocycles. The lowest BCUT2D eigenvalue weighted by Crippen LogP contribution is -2.22. The Hall–Kier alpha value is -3.29. The molecule has 0 amide bonds. The van der Waals surface area contributed by atoms with Crippen LogP contribution in [0.4, 0.5) is 11.4 Å². The van der Waals surface area contributed by atoms with E-state index in [0.29, 0.717) is 0 Å². The van der Waals surface area contributed by atoms with E-state index in [2.05, 4.69) is 0 Å². The van der Waals surface area contributed by atoms with Crippen LogP contribution < -0.4 is 9.47 Å². The van der Waals surface area contributed by atoms with Gasteiger partial charge >= 0.3 is 23.3 Å². The first kappa shape index (κ1) is 29.9. The van der Waals surface area contributed by atoms with Gasteiger partial charge in [0.25, 0.3) is 0 Å². The molecule has 0 fully saturated rings. The van der Waals surface area contributed by atoms with Gasteiger partial charge in [-0.05, 0) is 39.8 Å². The summed E-state index contributed by atoms with van der Waals surface area (Å²) in [6, 6.07) is 3.44. The predicted molar refractivity (Wildman–Crippen MR) is 132 cm³/mol. The zero-order valence-corrected chi connectivity index (χ0v) is 22.8. The molecule has 15 heteroatoms. The van der Waals surface area contributed by atoms with Crippen LogP contribution in [0.25, 0.3) is 0 Å². The third-order valence-electron chi connectivity index (χ3n) is 4.85. The van der Waals surface area contributed by atoms with Crippen molar-refractivity contribution in [1.29, 1.82) is 0 Å². The maximum absolute atomic E-state index is 14.1. The summed E-state index contributed by atoms with van der Waals surface area (Å²) in [7, 11) is -4.76. The highest BCUT2D eigenvalue weighted by molar-refractivity contribution is 7.91. The van der Waals surface area contributed by atoms with Crippen LogP contribution in [0.15, 0.2) is 34.1 Å². The lowest BCUT2D eigenvalue weighted by atomic mass is 9.99. The molecule has 12 nitrogen and oxygen atoms in total. The summed E-state index contributed by atoms with van der Waals surface area (Å²) in [5, 5.41) is 23.3. The minimum atomic E-state index is -4.76. The lowest BCUT2D eigenvalue weighted by Gasteiger charge is -2.26. The largest absolute Gasteiger partial charge is 0.419 e. The average molecular weight is 577 g/mol. The van der Waals surface area contributed by atoms with E-state index in [-0.39, 0.29) is 0 Å². The molecule has 0 aliphatic rings. The number of sulfone groups is 1. The highest BCUT2D eigenvalue weighted by Crippen LogP contribution is 2.49. The maximum atomic E-state index is 14.1. The van der Waals surface area contributed by atoms with Crippen LogP contribution in [-0.2, 0) is 29.2 Å². The first-order chi connectivity index (χ1) is 16.7. The van der Waals surface area contributed by atoms with Crippen molar-refractivity contribution in [2.24, 2.45) is 0 Å². The number of hydrogen-bond donors (Lipinski definition) is 0. The first-order valence-electron chi connectivity index (χ1n) is 10.3. The van der Waals surface area contributed by atoms with E-state index in [0.717, 1.165) is 38.1 Å². The molecule has 0 N–H and O–H groups in total. The van der Waals surface area contributed by atoms with Crippen LogP contribution in [0.1, 0.15) is 52.7 Å². The summed E-state index contributed by atoms with van der Waals surface area (Å²) in [6.07, 6.45) is 0. The molecule has 2 aromatic carbocycles. The van der Waals surface area contributed by atoms with Crippen molar-refractivity contribution >= 4 is 56.4 Å². The molecule has 0 unspecified atom stereocenters. The molecule has 0 radical (unpaired) electrons. The molecule has 200 valence electrons. The van der Waals surface area contributed by atoms with E-state index >= 15 is 0 Å². The van der Waals surface area contributed by atoms with Crippen LogP contribution >= 0.6 is 23.2 Å². The summed E-state index contributed by atoms with van der Waals surface area (Å²) in [4.78, 5) is 40.6. The number of carbonyl (C=O) groups is 2. The number of halogens is 2. The predicted octanol–water partition coefficient (Wildman–Crippen LogP) is 5.13. The van der Waals surface area contributed by atoms with E-state index in [1.165, 1.54) is 27.7 Å². The lowest BCUT2D eigenvalue weighted by molar-refractivity contribution is -0.385. The van der Waals surface area contributed by atoms with Crippen molar-refractivity contribution in [3.05, 3.63) is 55.6 Å². The first-order valence-corrected chi connectivity index (χ1v) is 12.6. The highest BCUT2D eigenvalue weighted by atomic mass is 35.5. The fourth-order valence-corrected chi connectivity index (χ4v) is 6.03. The Bertz CT molecular complexity index is 1320. The molecular formula is C22H22Cl2N2O10S. The molecule has 0 aromatic heterocycles. The SMILES string of the molecule is CC(=O)Oc1c([N+](=O)[O-])ccc(S(=O)(=O)c2ccc([N+](=O)[O-])c(OC(C)=O)c2C(C)(C)Cl)c1C(C)(C)Cl. The van der Waals surface area contributed by atoms with Crippen molar-refractivity contribution < 1.29 is 37.3 Å². The van der Waals surface area contributed by atoms with Gasteiger partial charge in [0.15, 0.2) is 0 Å². The second kappa shape index (κ2) is 10.2. The second-order valence-electron chi connectivity index (χ2n) is 8.72. The fraction of sp³-hybridized carbons (Fsp3) is 0.364. The number of hydrogen-bond acceptors (Lipinski definition) is 10. The van der Waals surface area contributed by atoms with Crippen LogP contribution in [-0.4, -0.2) is 30.2 Å². The minimum absolute atomic E-state index is 0.413. The second-order valence-corrected chi connectivity index (χ2v) is 12.5. The Morgan fingerprint density at radius 2 is 1.05 bits per heavy atom. The Labute approximate surface area is 221 Å². The van der Waals surface area contributed by atoms with Crippen molar-refractivity contribution in [1.82, 2.24) is 0 Å². The molecular weight excluding hydrogens is 555 g/mol. The van der Waals surface area contributed by atoms with Crippen LogP contribution in [0.2, 0.25) is 0 Å². The zero-order valence-electron chi connectivity index (χ0n) is 20.5.